The van der Waals surface area contributed by atoms with E-state index in [9.17, 15) is 18.0 Å². The highest BCUT2D eigenvalue weighted by atomic mass is 32.2. The number of benzene rings is 1. The number of amides is 2. The average Bonchev–Trinajstić information content (AvgIpc) is 2.86. The Balaban J connectivity index is 1.82. The topological polar surface area (TPSA) is 92.8 Å². The molecule has 1 aromatic carbocycles. The molecule has 2 saturated heterocycles. The Labute approximate surface area is 134 Å². The Hall–Kier alpha value is -2.09. The van der Waals surface area contributed by atoms with Gasteiger partial charge in [-0.2, -0.15) is 0 Å². The van der Waals surface area contributed by atoms with Crippen molar-refractivity contribution in [1.29, 1.82) is 0 Å². The number of likely N-dealkylation sites (tertiary alicyclic amines) is 1. The molecule has 7 nitrogen and oxygen atoms in total. The first-order chi connectivity index (χ1) is 10.8. The standard InChI is InChI=1S/C15H18N2O5S/c1-23(20,21)12-5-2-4-11(8-12)13(18)17-7-3-6-15(10-17)9-16-14(19)22-15/h2,4-5,8H,3,6-7,9-10H2,1H3,(H,16,19)/t15-/m0/s1. The van der Waals surface area contributed by atoms with E-state index in [1.165, 1.54) is 12.1 Å². The largest absolute Gasteiger partial charge is 0.439 e. The molecule has 0 unspecified atom stereocenters. The minimum absolute atomic E-state index is 0.115. The molecule has 23 heavy (non-hydrogen) atoms. The molecule has 0 saturated carbocycles. The molecule has 2 heterocycles. The van der Waals surface area contributed by atoms with Crippen LogP contribution in [0, 0.1) is 0 Å². The lowest BCUT2D eigenvalue weighted by atomic mass is 9.92. The number of hydrogen-bond acceptors (Lipinski definition) is 5. The van der Waals surface area contributed by atoms with Crippen molar-refractivity contribution in [2.75, 3.05) is 25.9 Å². The molecule has 2 amide bonds. The van der Waals surface area contributed by atoms with E-state index < -0.39 is 21.5 Å². The predicted molar refractivity (Wildman–Crippen MR) is 81.9 cm³/mol. The van der Waals surface area contributed by atoms with Crippen LogP contribution < -0.4 is 5.32 Å². The van der Waals surface area contributed by atoms with Gasteiger partial charge in [0.25, 0.3) is 5.91 Å². The summed E-state index contributed by atoms with van der Waals surface area (Å²) in [7, 11) is -3.37. The first-order valence-electron chi connectivity index (χ1n) is 7.35. The number of nitrogens with zero attached hydrogens (tertiary/aromatic N) is 1. The van der Waals surface area contributed by atoms with Gasteiger partial charge in [-0.25, -0.2) is 13.2 Å². The highest BCUT2D eigenvalue weighted by Crippen LogP contribution is 2.29. The van der Waals surface area contributed by atoms with E-state index in [4.69, 9.17) is 4.74 Å². The Morgan fingerprint density at radius 3 is 2.83 bits per heavy atom. The van der Waals surface area contributed by atoms with Crippen LogP contribution in [0.4, 0.5) is 4.79 Å². The van der Waals surface area contributed by atoms with Gasteiger partial charge in [0.2, 0.25) is 0 Å². The summed E-state index contributed by atoms with van der Waals surface area (Å²) in [5.41, 5.74) is -0.346. The van der Waals surface area contributed by atoms with E-state index >= 15 is 0 Å². The SMILES string of the molecule is CS(=O)(=O)c1cccc(C(=O)N2CCC[C@]3(CNC(=O)O3)C2)c1. The number of nitrogens with one attached hydrogen (secondary N) is 1. The maximum atomic E-state index is 12.7. The van der Waals surface area contributed by atoms with Gasteiger partial charge in [0.05, 0.1) is 18.0 Å². The van der Waals surface area contributed by atoms with Gasteiger partial charge in [0, 0.05) is 18.4 Å². The summed E-state index contributed by atoms with van der Waals surface area (Å²) >= 11 is 0. The van der Waals surface area contributed by atoms with Gasteiger partial charge >= 0.3 is 6.09 Å². The number of alkyl carbamates (subject to hydrolysis) is 1. The van der Waals surface area contributed by atoms with Crippen molar-refractivity contribution in [3.05, 3.63) is 29.8 Å². The highest BCUT2D eigenvalue weighted by Gasteiger charge is 2.44. The summed E-state index contributed by atoms with van der Waals surface area (Å²) in [6, 6.07) is 6.00. The molecular weight excluding hydrogens is 320 g/mol. The maximum Gasteiger partial charge on any atom is 0.407 e. The van der Waals surface area contributed by atoms with Crippen molar-refractivity contribution < 1.29 is 22.7 Å². The normalized spacial score (nSPS) is 24.4. The molecule has 0 radical (unpaired) electrons. The molecule has 1 atom stereocenters. The lowest BCUT2D eigenvalue weighted by molar-refractivity contribution is -0.00504. The zero-order valence-corrected chi connectivity index (χ0v) is 13.6. The third-order valence-electron chi connectivity index (χ3n) is 4.20. The summed E-state index contributed by atoms with van der Waals surface area (Å²) in [5.74, 6) is -0.252. The number of carbonyl (C=O) groups excluding carboxylic acids is 2. The van der Waals surface area contributed by atoms with Gasteiger partial charge in [0.15, 0.2) is 9.84 Å². The summed E-state index contributed by atoms with van der Waals surface area (Å²) in [6.07, 6.45) is 2.08. The van der Waals surface area contributed by atoms with Crippen molar-refractivity contribution >= 4 is 21.8 Å². The van der Waals surface area contributed by atoms with Crippen molar-refractivity contribution in [2.45, 2.75) is 23.3 Å². The average molecular weight is 338 g/mol. The summed E-state index contributed by atoms with van der Waals surface area (Å²) in [5, 5.41) is 2.63. The third-order valence-corrected chi connectivity index (χ3v) is 5.31. The van der Waals surface area contributed by atoms with Crippen LogP contribution >= 0.6 is 0 Å². The fraction of sp³-hybridized carbons (Fsp3) is 0.467. The third kappa shape index (κ3) is 3.17. The molecule has 2 aliphatic rings. The summed E-state index contributed by atoms with van der Waals surface area (Å²) in [4.78, 5) is 25.7. The Kier molecular flexibility index (Phi) is 3.79. The van der Waals surface area contributed by atoms with E-state index in [0.29, 0.717) is 31.6 Å². The fourth-order valence-corrected chi connectivity index (χ4v) is 3.71. The van der Waals surface area contributed by atoms with Gasteiger partial charge in [-0.3, -0.25) is 4.79 Å². The van der Waals surface area contributed by atoms with E-state index in [0.717, 1.165) is 12.7 Å². The van der Waals surface area contributed by atoms with Crippen molar-refractivity contribution in [3.8, 4) is 0 Å². The minimum atomic E-state index is -3.37. The van der Waals surface area contributed by atoms with Gasteiger partial charge in [-0.05, 0) is 31.0 Å². The van der Waals surface area contributed by atoms with Crippen LogP contribution in [0.15, 0.2) is 29.2 Å². The number of ether oxygens (including phenoxy) is 1. The second kappa shape index (κ2) is 5.52. The Bertz CT molecular complexity index is 761. The second-order valence-electron chi connectivity index (χ2n) is 6.06. The number of carbonyl (C=O) groups is 2. The fourth-order valence-electron chi connectivity index (χ4n) is 3.04. The van der Waals surface area contributed by atoms with Crippen LogP contribution in [-0.2, 0) is 14.6 Å². The summed E-state index contributed by atoms with van der Waals surface area (Å²) in [6.45, 7) is 1.26. The molecule has 124 valence electrons. The van der Waals surface area contributed by atoms with Crippen LogP contribution in [0.25, 0.3) is 0 Å². The molecule has 0 aromatic heterocycles. The van der Waals surface area contributed by atoms with E-state index in [2.05, 4.69) is 5.32 Å². The Morgan fingerprint density at radius 2 is 2.17 bits per heavy atom. The van der Waals surface area contributed by atoms with Gasteiger partial charge in [-0.1, -0.05) is 6.07 Å². The zero-order valence-electron chi connectivity index (χ0n) is 12.7. The van der Waals surface area contributed by atoms with Crippen molar-refractivity contribution in [3.63, 3.8) is 0 Å². The van der Waals surface area contributed by atoms with E-state index in [-0.39, 0.29) is 10.8 Å². The van der Waals surface area contributed by atoms with Gasteiger partial charge < -0.3 is 15.0 Å². The molecule has 1 spiro atoms. The monoisotopic (exact) mass is 338 g/mol. The lowest BCUT2D eigenvalue weighted by Gasteiger charge is -2.38. The van der Waals surface area contributed by atoms with Crippen LogP contribution in [0.2, 0.25) is 0 Å². The molecule has 0 aliphatic carbocycles. The number of hydrogen-bond donors (Lipinski definition) is 1. The quantitative estimate of drug-likeness (QED) is 0.861. The molecule has 0 bridgehead atoms. The lowest BCUT2D eigenvalue weighted by Crippen LogP contribution is -2.52. The predicted octanol–water partition coefficient (Wildman–Crippen LogP) is 0.805. The molecular formula is C15H18N2O5S. The maximum absolute atomic E-state index is 12.7. The molecule has 1 N–H and O–H groups in total. The first kappa shape index (κ1) is 15.8. The molecule has 8 heteroatoms. The minimum Gasteiger partial charge on any atom is -0.439 e. The van der Waals surface area contributed by atoms with Crippen molar-refractivity contribution in [1.82, 2.24) is 10.2 Å². The molecule has 3 rings (SSSR count). The highest BCUT2D eigenvalue weighted by molar-refractivity contribution is 7.90. The number of rotatable bonds is 2. The van der Waals surface area contributed by atoms with E-state index in [1.807, 2.05) is 0 Å². The second-order valence-corrected chi connectivity index (χ2v) is 8.07. The van der Waals surface area contributed by atoms with Crippen LogP contribution in [0.3, 0.4) is 0 Å². The van der Waals surface area contributed by atoms with Crippen LogP contribution in [0.1, 0.15) is 23.2 Å². The number of sulfone groups is 1. The zero-order chi connectivity index (χ0) is 16.7. The number of piperidine rings is 1. The first-order valence-corrected chi connectivity index (χ1v) is 9.25. The molecule has 2 aliphatic heterocycles. The van der Waals surface area contributed by atoms with E-state index in [1.54, 1.807) is 17.0 Å². The summed E-state index contributed by atoms with van der Waals surface area (Å²) < 4.78 is 28.6. The van der Waals surface area contributed by atoms with Crippen LogP contribution in [0.5, 0.6) is 0 Å². The van der Waals surface area contributed by atoms with Crippen LogP contribution in [-0.4, -0.2) is 56.8 Å². The molecule has 1 aromatic rings. The van der Waals surface area contributed by atoms with Gasteiger partial charge in [0.1, 0.15) is 5.60 Å². The molecule has 2 fully saturated rings. The smallest absolute Gasteiger partial charge is 0.407 e. The van der Waals surface area contributed by atoms with Crippen molar-refractivity contribution in [2.24, 2.45) is 0 Å². The van der Waals surface area contributed by atoms with Gasteiger partial charge in [-0.15, -0.1) is 0 Å². The Morgan fingerprint density at radius 1 is 1.39 bits per heavy atom.